The number of allylic oxidation sites excluding steroid dienone is 1. The van der Waals surface area contributed by atoms with Crippen molar-refractivity contribution in [2.45, 2.75) is 20.3 Å². The minimum atomic E-state index is -0.594. The Morgan fingerprint density at radius 1 is 1.14 bits per heavy atom. The van der Waals surface area contributed by atoms with Crippen LogP contribution in [0.5, 0.6) is 0 Å². The molecule has 22 heavy (non-hydrogen) atoms. The van der Waals surface area contributed by atoms with Crippen molar-refractivity contribution < 1.29 is 19.1 Å². The van der Waals surface area contributed by atoms with Gasteiger partial charge in [0, 0.05) is 24.7 Å². The molecule has 118 valence electrons. The Morgan fingerprint density at radius 3 is 2.18 bits per heavy atom. The number of nitrogens with zero attached hydrogens (tertiary/aromatic N) is 1. The maximum atomic E-state index is 12.4. The van der Waals surface area contributed by atoms with E-state index in [0.717, 1.165) is 6.42 Å². The first-order chi connectivity index (χ1) is 10.3. The van der Waals surface area contributed by atoms with E-state index >= 15 is 0 Å². The minimum Gasteiger partial charge on any atom is -0.465 e. The van der Waals surface area contributed by atoms with Crippen molar-refractivity contribution in [1.82, 2.24) is 4.90 Å². The van der Waals surface area contributed by atoms with E-state index in [4.69, 9.17) is 0 Å². The molecule has 0 saturated heterocycles. The van der Waals surface area contributed by atoms with Crippen molar-refractivity contribution in [3.8, 4) is 0 Å². The van der Waals surface area contributed by atoms with Gasteiger partial charge in [-0.3, -0.25) is 9.59 Å². The number of carbonyl (C=O) groups excluding carboxylic acids is 3. The number of rotatable bonds is 6. The molecule has 0 aliphatic rings. The molecule has 0 atom stereocenters. The smallest absolute Gasteiger partial charge is 0.337 e. The largest absolute Gasteiger partial charge is 0.465 e. The molecule has 0 fully saturated rings. The van der Waals surface area contributed by atoms with E-state index in [1.165, 1.54) is 25.3 Å². The van der Waals surface area contributed by atoms with Gasteiger partial charge in [-0.25, -0.2) is 4.79 Å². The maximum Gasteiger partial charge on any atom is 0.337 e. The lowest BCUT2D eigenvalue weighted by Crippen LogP contribution is -2.28. The molecule has 5 nitrogen and oxygen atoms in total. The van der Waals surface area contributed by atoms with E-state index in [9.17, 15) is 14.4 Å². The lowest BCUT2D eigenvalue weighted by Gasteiger charge is -2.17. The molecule has 0 N–H and O–H groups in total. The van der Waals surface area contributed by atoms with Gasteiger partial charge in [0.2, 0.25) is 0 Å². The van der Waals surface area contributed by atoms with E-state index in [1.807, 2.05) is 6.92 Å². The average Bonchev–Trinajstić information content (AvgIpc) is 2.52. The van der Waals surface area contributed by atoms with Crippen LogP contribution in [-0.4, -0.2) is 43.3 Å². The van der Waals surface area contributed by atoms with Crippen molar-refractivity contribution in [3.05, 3.63) is 47.0 Å². The molecule has 0 bridgehead atoms. The Labute approximate surface area is 130 Å². The average molecular weight is 303 g/mol. The molecule has 0 unspecified atom stereocenters. The second kappa shape index (κ2) is 7.54. The van der Waals surface area contributed by atoms with E-state index in [1.54, 1.807) is 18.9 Å². The molecule has 0 spiro atoms. The van der Waals surface area contributed by atoms with Crippen LogP contribution < -0.4 is 0 Å². The van der Waals surface area contributed by atoms with Crippen LogP contribution in [0.3, 0.4) is 0 Å². The summed E-state index contributed by atoms with van der Waals surface area (Å²) in [5.41, 5.74) is 1.04. The van der Waals surface area contributed by atoms with Crippen LogP contribution in [0, 0.1) is 0 Å². The molecule has 1 rings (SSSR count). The van der Waals surface area contributed by atoms with E-state index in [-0.39, 0.29) is 28.4 Å². The molecule has 0 radical (unpaired) electrons. The number of methoxy groups -OCH3 is 1. The van der Waals surface area contributed by atoms with Gasteiger partial charge < -0.3 is 9.64 Å². The van der Waals surface area contributed by atoms with Crippen LogP contribution in [0.15, 0.2) is 30.4 Å². The first-order valence-corrected chi connectivity index (χ1v) is 7.00. The fourth-order valence-corrected chi connectivity index (χ4v) is 2.02. The van der Waals surface area contributed by atoms with Crippen molar-refractivity contribution in [3.63, 3.8) is 0 Å². The predicted molar refractivity (Wildman–Crippen MR) is 84.2 cm³/mol. The number of amides is 1. The number of Topliss-reactive ketones (excluding diaryl/α,β-unsaturated/α-hetero) is 1. The zero-order valence-electron chi connectivity index (χ0n) is 13.4. The first kappa shape index (κ1) is 17.6. The zero-order chi connectivity index (χ0) is 16.9. The quantitative estimate of drug-likeness (QED) is 0.460. The summed E-state index contributed by atoms with van der Waals surface area (Å²) >= 11 is 0. The number of carbonyl (C=O) groups is 3. The highest BCUT2D eigenvalue weighted by Gasteiger charge is 2.18. The third-order valence-electron chi connectivity index (χ3n) is 3.16. The summed E-state index contributed by atoms with van der Waals surface area (Å²) in [7, 11) is 2.93. The highest BCUT2D eigenvalue weighted by atomic mass is 16.5. The molecule has 0 aromatic heterocycles. The van der Waals surface area contributed by atoms with Crippen molar-refractivity contribution in [2.75, 3.05) is 20.7 Å². The molecule has 1 aromatic carbocycles. The number of ether oxygens (including phenoxy) is 1. The van der Waals surface area contributed by atoms with Crippen LogP contribution in [0.1, 0.15) is 51.3 Å². The molecular formula is C17H21NO4. The van der Waals surface area contributed by atoms with Gasteiger partial charge in [0.25, 0.3) is 5.91 Å². The number of hydrogen-bond donors (Lipinski definition) is 0. The van der Waals surface area contributed by atoms with Crippen molar-refractivity contribution in [2.24, 2.45) is 0 Å². The molecule has 1 aromatic rings. The first-order valence-electron chi connectivity index (χ1n) is 7.00. The molecule has 0 heterocycles. The third-order valence-corrected chi connectivity index (χ3v) is 3.16. The lowest BCUT2D eigenvalue weighted by molar-refractivity contribution is 0.0600. The Kier molecular flexibility index (Phi) is 6.04. The Bertz CT molecular complexity index is 619. The molecule has 0 saturated carbocycles. The van der Waals surface area contributed by atoms with Crippen LogP contribution in [0.2, 0.25) is 0 Å². The minimum absolute atomic E-state index is 0.169. The number of benzene rings is 1. The summed E-state index contributed by atoms with van der Waals surface area (Å²) < 4.78 is 4.68. The molecule has 1 amide bonds. The SMILES string of the molecule is C=C(C)C(=O)c1cc(C(=O)OC)cc(C(=O)N(C)CCC)c1. The summed E-state index contributed by atoms with van der Waals surface area (Å²) in [5.74, 6) is -1.15. The standard InChI is InChI=1S/C17H21NO4/c1-6-7-18(4)16(20)13-8-12(15(19)11(2)3)9-14(10-13)17(21)22-5/h8-10H,2,6-7H2,1,3-5H3. The number of hydrogen-bond acceptors (Lipinski definition) is 4. The fraction of sp³-hybridized carbons (Fsp3) is 0.353. The van der Waals surface area contributed by atoms with Gasteiger partial charge in [-0.2, -0.15) is 0 Å². The molecular weight excluding hydrogens is 282 g/mol. The van der Waals surface area contributed by atoms with Gasteiger partial charge in [0.15, 0.2) is 5.78 Å². The Balaban J connectivity index is 3.35. The summed E-state index contributed by atoms with van der Waals surface area (Å²) in [6.45, 7) is 7.74. The fourth-order valence-electron chi connectivity index (χ4n) is 2.02. The molecule has 5 heteroatoms. The van der Waals surface area contributed by atoms with Crippen molar-refractivity contribution in [1.29, 1.82) is 0 Å². The predicted octanol–water partition coefficient (Wildman–Crippen LogP) is 2.71. The van der Waals surface area contributed by atoms with Crippen LogP contribution in [-0.2, 0) is 4.74 Å². The van der Waals surface area contributed by atoms with Crippen LogP contribution >= 0.6 is 0 Å². The zero-order valence-corrected chi connectivity index (χ0v) is 13.4. The Hall–Kier alpha value is -2.43. The van der Waals surface area contributed by atoms with Gasteiger partial charge in [-0.1, -0.05) is 13.5 Å². The van der Waals surface area contributed by atoms with Gasteiger partial charge in [0.1, 0.15) is 0 Å². The molecule has 0 aliphatic carbocycles. The highest BCUT2D eigenvalue weighted by molar-refractivity contribution is 6.10. The highest BCUT2D eigenvalue weighted by Crippen LogP contribution is 2.16. The third kappa shape index (κ3) is 4.04. The summed E-state index contributed by atoms with van der Waals surface area (Å²) in [4.78, 5) is 37.8. The van der Waals surface area contributed by atoms with Gasteiger partial charge >= 0.3 is 5.97 Å². The van der Waals surface area contributed by atoms with Crippen LogP contribution in [0.4, 0.5) is 0 Å². The van der Waals surface area contributed by atoms with E-state index in [0.29, 0.717) is 12.1 Å². The Morgan fingerprint density at radius 2 is 1.68 bits per heavy atom. The topological polar surface area (TPSA) is 63.7 Å². The van der Waals surface area contributed by atoms with Gasteiger partial charge in [0.05, 0.1) is 12.7 Å². The van der Waals surface area contributed by atoms with Crippen molar-refractivity contribution >= 4 is 17.7 Å². The van der Waals surface area contributed by atoms with E-state index < -0.39 is 5.97 Å². The summed E-state index contributed by atoms with van der Waals surface area (Å²) in [6, 6.07) is 4.34. The van der Waals surface area contributed by atoms with E-state index in [2.05, 4.69) is 11.3 Å². The normalized spacial score (nSPS) is 10.0. The molecule has 0 aliphatic heterocycles. The second-order valence-corrected chi connectivity index (χ2v) is 5.13. The maximum absolute atomic E-state index is 12.4. The summed E-state index contributed by atoms with van der Waals surface area (Å²) in [6.07, 6.45) is 0.816. The van der Waals surface area contributed by atoms with Crippen LogP contribution in [0.25, 0.3) is 0 Å². The second-order valence-electron chi connectivity index (χ2n) is 5.13. The van der Waals surface area contributed by atoms with Gasteiger partial charge in [-0.05, 0) is 37.1 Å². The van der Waals surface area contributed by atoms with Gasteiger partial charge in [-0.15, -0.1) is 0 Å². The lowest BCUT2D eigenvalue weighted by atomic mass is 9.99. The number of esters is 1. The number of ketones is 1. The summed E-state index contributed by atoms with van der Waals surface area (Å²) in [5, 5.41) is 0. The monoisotopic (exact) mass is 303 g/mol.